The average molecular weight is 459 g/mol. The summed E-state index contributed by atoms with van der Waals surface area (Å²) in [5.74, 6) is -0.763. The molecule has 2 N–H and O–H groups in total. The van der Waals surface area contributed by atoms with Crippen LogP contribution in [0.3, 0.4) is 0 Å². The summed E-state index contributed by atoms with van der Waals surface area (Å²) in [5, 5.41) is 21.2. The maximum atomic E-state index is 13.1. The molecule has 2 heterocycles. The minimum Gasteiger partial charge on any atom is -0.508 e. The first-order valence-electron chi connectivity index (χ1n) is 11.0. The van der Waals surface area contributed by atoms with E-state index in [4.69, 9.17) is 4.74 Å². The van der Waals surface area contributed by atoms with Crippen molar-refractivity contribution in [3.8, 4) is 11.5 Å². The van der Waals surface area contributed by atoms with Crippen LogP contribution in [0.1, 0.15) is 36.6 Å². The number of carbonyl (C=O) groups excluding carboxylic acids is 2. The molecular formula is C27H26N2O5. The van der Waals surface area contributed by atoms with E-state index in [9.17, 15) is 19.8 Å². The topological polar surface area (TPSA) is 100.0 Å². The van der Waals surface area contributed by atoms with Gasteiger partial charge >= 0.3 is 0 Å². The fraction of sp³-hybridized carbons (Fsp3) is 0.222. The molecule has 174 valence electrons. The van der Waals surface area contributed by atoms with Crippen molar-refractivity contribution in [2.24, 2.45) is 5.92 Å². The van der Waals surface area contributed by atoms with Crippen molar-refractivity contribution in [2.75, 3.05) is 6.61 Å². The molecule has 34 heavy (non-hydrogen) atoms. The van der Waals surface area contributed by atoms with E-state index >= 15 is 0 Å². The number of phenolic OH excluding ortho intramolecular Hbond substituents is 1. The van der Waals surface area contributed by atoms with Gasteiger partial charge in [0.15, 0.2) is 0 Å². The number of aliphatic hydroxyl groups excluding tert-OH is 1. The summed E-state index contributed by atoms with van der Waals surface area (Å²) in [6.07, 6.45) is 3.22. The summed E-state index contributed by atoms with van der Waals surface area (Å²) < 4.78 is 5.69. The highest BCUT2D eigenvalue weighted by atomic mass is 16.5. The summed E-state index contributed by atoms with van der Waals surface area (Å²) in [5.41, 5.74) is 1.67. The molecule has 1 aliphatic rings. The zero-order chi connectivity index (χ0) is 24.2. The Morgan fingerprint density at radius 3 is 2.41 bits per heavy atom. The Bertz CT molecular complexity index is 1220. The summed E-state index contributed by atoms with van der Waals surface area (Å²) in [6, 6.07) is 15.7. The summed E-state index contributed by atoms with van der Waals surface area (Å²) in [6.45, 7) is 4.80. The van der Waals surface area contributed by atoms with E-state index in [1.54, 1.807) is 60.9 Å². The Hall–Kier alpha value is -4.13. The first kappa shape index (κ1) is 23.0. The van der Waals surface area contributed by atoms with Gasteiger partial charge in [-0.2, -0.15) is 0 Å². The second-order valence-electron chi connectivity index (χ2n) is 8.61. The highest BCUT2D eigenvalue weighted by molar-refractivity contribution is 6.46. The van der Waals surface area contributed by atoms with Crippen molar-refractivity contribution >= 4 is 17.4 Å². The van der Waals surface area contributed by atoms with Crippen molar-refractivity contribution in [1.29, 1.82) is 0 Å². The molecular weight excluding hydrogens is 432 g/mol. The molecule has 0 aliphatic carbocycles. The molecule has 0 saturated carbocycles. The van der Waals surface area contributed by atoms with Crippen LogP contribution in [0.5, 0.6) is 11.5 Å². The molecule has 0 radical (unpaired) electrons. The van der Waals surface area contributed by atoms with Crippen LogP contribution in [-0.4, -0.2) is 38.4 Å². The fourth-order valence-corrected chi connectivity index (χ4v) is 3.90. The van der Waals surface area contributed by atoms with E-state index in [2.05, 4.69) is 4.98 Å². The molecule has 0 spiro atoms. The van der Waals surface area contributed by atoms with Crippen LogP contribution < -0.4 is 4.74 Å². The van der Waals surface area contributed by atoms with Crippen LogP contribution in [-0.2, 0) is 16.1 Å². The van der Waals surface area contributed by atoms with Crippen LogP contribution >= 0.6 is 0 Å². The van der Waals surface area contributed by atoms with Crippen LogP contribution in [0.2, 0.25) is 0 Å². The molecule has 1 amide bonds. The molecule has 7 heteroatoms. The first-order chi connectivity index (χ1) is 16.3. The maximum absolute atomic E-state index is 13.1. The van der Waals surface area contributed by atoms with E-state index < -0.39 is 17.7 Å². The van der Waals surface area contributed by atoms with Gasteiger partial charge in [-0.15, -0.1) is 0 Å². The molecule has 2 aromatic carbocycles. The second kappa shape index (κ2) is 9.79. The van der Waals surface area contributed by atoms with Crippen LogP contribution in [0, 0.1) is 5.92 Å². The number of likely N-dealkylation sites (tertiary alicyclic amines) is 1. The number of pyridine rings is 1. The van der Waals surface area contributed by atoms with Gasteiger partial charge in [-0.25, -0.2) is 0 Å². The number of benzene rings is 2. The molecule has 1 saturated heterocycles. The number of ketones is 1. The minimum atomic E-state index is -0.864. The van der Waals surface area contributed by atoms with Gasteiger partial charge in [0.2, 0.25) is 0 Å². The monoisotopic (exact) mass is 458 g/mol. The van der Waals surface area contributed by atoms with Crippen LogP contribution in [0.4, 0.5) is 0 Å². The van der Waals surface area contributed by atoms with E-state index in [-0.39, 0.29) is 23.6 Å². The predicted octanol–water partition coefficient (Wildman–Crippen LogP) is 4.44. The highest BCUT2D eigenvalue weighted by Crippen LogP contribution is 2.41. The van der Waals surface area contributed by atoms with Gasteiger partial charge < -0.3 is 19.8 Å². The van der Waals surface area contributed by atoms with Crippen LogP contribution in [0.15, 0.2) is 78.6 Å². The van der Waals surface area contributed by atoms with Gasteiger partial charge in [0.1, 0.15) is 17.3 Å². The molecule has 1 aliphatic heterocycles. The molecule has 4 rings (SSSR count). The second-order valence-corrected chi connectivity index (χ2v) is 8.61. The summed E-state index contributed by atoms with van der Waals surface area (Å²) in [7, 11) is 0. The Morgan fingerprint density at radius 1 is 1.06 bits per heavy atom. The van der Waals surface area contributed by atoms with Gasteiger partial charge in [0, 0.05) is 24.5 Å². The number of ether oxygens (including phenoxy) is 1. The van der Waals surface area contributed by atoms with Gasteiger partial charge in [0.05, 0.1) is 18.2 Å². The number of rotatable bonds is 7. The third kappa shape index (κ3) is 4.78. The minimum absolute atomic E-state index is 0.00125. The van der Waals surface area contributed by atoms with E-state index in [0.29, 0.717) is 29.4 Å². The molecule has 1 unspecified atom stereocenters. The predicted molar refractivity (Wildman–Crippen MR) is 127 cm³/mol. The van der Waals surface area contributed by atoms with Gasteiger partial charge in [-0.05, 0) is 65.6 Å². The van der Waals surface area contributed by atoms with Gasteiger partial charge in [0.25, 0.3) is 11.7 Å². The normalized spacial score (nSPS) is 17.4. The maximum Gasteiger partial charge on any atom is 0.295 e. The number of aromatic hydroxyl groups is 1. The van der Waals surface area contributed by atoms with Crippen molar-refractivity contribution < 1.29 is 24.5 Å². The average Bonchev–Trinajstić information content (AvgIpc) is 3.08. The smallest absolute Gasteiger partial charge is 0.295 e. The Balaban J connectivity index is 1.76. The third-order valence-electron chi connectivity index (χ3n) is 5.54. The number of phenols is 1. The van der Waals surface area contributed by atoms with Crippen LogP contribution in [0.25, 0.3) is 5.76 Å². The summed E-state index contributed by atoms with van der Waals surface area (Å²) >= 11 is 0. The molecule has 0 bridgehead atoms. The standard InChI is InChI=1S/C27H26N2O5/c1-17(2)16-34-22-8-6-19(7-9-22)25(31)23-24(20-4-3-5-21(30)14-20)29(27(33)26(23)32)15-18-10-12-28-13-11-18/h3-14,17,24,30-31H,15-16H2,1-2H3/b25-23-. The van der Waals surface area contributed by atoms with Crippen molar-refractivity contribution in [3.05, 3.63) is 95.3 Å². The lowest BCUT2D eigenvalue weighted by Gasteiger charge is -2.25. The zero-order valence-electron chi connectivity index (χ0n) is 19.0. The first-order valence-corrected chi connectivity index (χ1v) is 11.0. The lowest BCUT2D eigenvalue weighted by molar-refractivity contribution is -0.140. The number of carbonyl (C=O) groups is 2. The highest BCUT2D eigenvalue weighted by Gasteiger charge is 2.46. The third-order valence-corrected chi connectivity index (χ3v) is 5.54. The Labute approximate surface area is 198 Å². The number of hydrogen-bond acceptors (Lipinski definition) is 6. The Kier molecular flexibility index (Phi) is 6.63. The summed E-state index contributed by atoms with van der Waals surface area (Å²) in [4.78, 5) is 31.6. The molecule has 7 nitrogen and oxygen atoms in total. The van der Waals surface area contributed by atoms with E-state index in [0.717, 1.165) is 5.56 Å². The lowest BCUT2D eigenvalue weighted by Crippen LogP contribution is -2.29. The van der Waals surface area contributed by atoms with Gasteiger partial charge in [-0.1, -0.05) is 26.0 Å². The number of Topliss-reactive ketones (excluding diaryl/α,β-unsaturated/α-hetero) is 1. The van der Waals surface area contributed by atoms with Crippen molar-refractivity contribution in [2.45, 2.75) is 26.4 Å². The fourth-order valence-electron chi connectivity index (χ4n) is 3.90. The quantitative estimate of drug-likeness (QED) is 0.308. The lowest BCUT2D eigenvalue weighted by atomic mass is 9.95. The largest absolute Gasteiger partial charge is 0.508 e. The number of aromatic nitrogens is 1. The molecule has 3 aromatic rings. The number of amides is 1. The number of nitrogens with zero attached hydrogens (tertiary/aromatic N) is 2. The Morgan fingerprint density at radius 2 is 1.76 bits per heavy atom. The SMILES string of the molecule is CC(C)COc1ccc(/C(O)=C2/C(=O)C(=O)N(Cc3ccncc3)C2c2cccc(O)c2)cc1. The number of hydrogen-bond donors (Lipinski definition) is 2. The zero-order valence-corrected chi connectivity index (χ0v) is 19.0. The van der Waals surface area contributed by atoms with E-state index in [1.165, 1.54) is 17.0 Å². The van der Waals surface area contributed by atoms with Crippen molar-refractivity contribution in [3.63, 3.8) is 0 Å². The molecule has 1 atom stereocenters. The van der Waals surface area contributed by atoms with Crippen molar-refractivity contribution in [1.82, 2.24) is 9.88 Å². The number of aliphatic hydroxyl groups is 1. The van der Waals surface area contributed by atoms with E-state index in [1.807, 2.05) is 13.8 Å². The van der Waals surface area contributed by atoms with Gasteiger partial charge in [-0.3, -0.25) is 14.6 Å². The molecule has 1 aromatic heterocycles. The molecule has 1 fully saturated rings.